The van der Waals surface area contributed by atoms with E-state index in [-0.39, 0.29) is 23.6 Å². The van der Waals surface area contributed by atoms with Crippen molar-refractivity contribution < 1.29 is 18.7 Å². The molecule has 0 radical (unpaired) electrons. The molecule has 2 aromatic carbocycles. The van der Waals surface area contributed by atoms with Gasteiger partial charge < -0.3 is 36.1 Å². The Kier molecular flexibility index (Phi) is 7.59. The van der Waals surface area contributed by atoms with Gasteiger partial charge in [-0.3, -0.25) is 4.79 Å². The van der Waals surface area contributed by atoms with Crippen LogP contribution in [0.1, 0.15) is 16.1 Å². The van der Waals surface area contributed by atoms with Crippen LogP contribution in [0.5, 0.6) is 5.75 Å². The van der Waals surface area contributed by atoms with E-state index >= 15 is 0 Å². The molecule has 186 valence electrons. The summed E-state index contributed by atoms with van der Waals surface area (Å²) < 4.78 is 25.8. The first-order valence-electron chi connectivity index (χ1n) is 11.4. The minimum Gasteiger partial charge on any atom is -0.489 e. The summed E-state index contributed by atoms with van der Waals surface area (Å²) in [6.07, 6.45) is 0. The maximum absolute atomic E-state index is 14.7. The van der Waals surface area contributed by atoms with Crippen LogP contribution in [-0.2, 0) is 11.3 Å². The van der Waals surface area contributed by atoms with Crippen LogP contribution in [0.15, 0.2) is 30.3 Å². The second kappa shape index (κ2) is 10.8. The van der Waals surface area contributed by atoms with E-state index in [4.69, 9.17) is 20.9 Å². The predicted molar refractivity (Wildman–Crippen MR) is 133 cm³/mol. The molecule has 1 aromatic heterocycles. The zero-order chi connectivity index (χ0) is 24.9. The number of nitrogens with one attached hydrogen (secondary N) is 1. The minimum absolute atomic E-state index is 0.0903. The molecule has 1 aliphatic heterocycles. The molecule has 0 saturated carbocycles. The number of halogens is 1. The number of nitrogens with zero attached hydrogens (tertiary/aromatic N) is 4. The smallest absolute Gasteiger partial charge is 0.271 e. The number of primary amides is 1. The molecule has 0 spiro atoms. The number of carbonyl (C=O) groups is 1. The van der Waals surface area contributed by atoms with E-state index in [1.807, 2.05) is 6.07 Å². The third kappa shape index (κ3) is 5.42. The number of nitrogens with two attached hydrogens (primary N) is 2. The van der Waals surface area contributed by atoms with Crippen molar-refractivity contribution in [1.82, 2.24) is 15.1 Å². The molecular weight excluding hydrogens is 453 g/mol. The third-order valence-corrected chi connectivity index (χ3v) is 5.99. The van der Waals surface area contributed by atoms with Crippen LogP contribution in [0, 0.1) is 5.82 Å². The summed E-state index contributed by atoms with van der Waals surface area (Å²) in [5.74, 6) is -0.650. The first kappa shape index (κ1) is 24.6. The number of likely N-dealkylation sites (N-methyl/N-ethyl adjacent to an activating group) is 1. The number of ether oxygens (including phenoxy) is 2. The Morgan fingerprint density at radius 2 is 1.91 bits per heavy atom. The van der Waals surface area contributed by atoms with E-state index in [0.29, 0.717) is 29.9 Å². The van der Waals surface area contributed by atoms with E-state index in [0.717, 1.165) is 37.4 Å². The number of methoxy groups -OCH3 is 1. The molecule has 5 N–H and O–H groups in total. The molecule has 0 unspecified atom stereocenters. The molecular formula is C24H30FN7O3. The number of carbonyl (C=O) groups excluding carboxylic acids is 1. The van der Waals surface area contributed by atoms with Gasteiger partial charge in [0.1, 0.15) is 18.2 Å². The van der Waals surface area contributed by atoms with Gasteiger partial charge in [-0.05, 0) is 30.8 Å². The van der Waals surface area contributed by atoms with Crippen molar-refractivity contribution in [2.75, 3.05) is 63.8 Å². The minimum atomic E-state index is -0.779. The largest absolute Gasteiger partial charge is 0.489 e. The van der Waals surface area contributed by atoms with Crippen LogP contribution in [0.25, 0.3) is 10.9 Å². The van der Waals surface area contributed by atoms with Gasteiger partial charge in [-0.2, -0.15) is 0 Å². The number of anilines is 3. The summed E-state index contributed by atoms with van der Waals surface area (Å²) in [4.78, 5) is 16.7. The maximum Gasteiger partial charge on any atom is 0.271 e. The lowest BCUT2D eigenvalue weighted by molar-refractivity contribution is 0.0995. The molecule has 1 fully saturated rings. The topological polar surface area (TPSA) is 132 Å². The average molecular weight is 484 g/mol. The van der Waals surface area contributed by atoms with Crippen LogP contribution in [0.2, 0.25) is 0 Å². The molecule has 0 bridgehead atoms. The zero-order valence-corrected chi connectivity index (χ0v) is 19.9. The highest BCUT2D eigenvalue weighted by atomic mass is 19.1. The summed E-state index contributed by atoms with van der Waals surface area (Å²) in [5, 5.41) is 11.8. The first-order chi connectivity index (χ1) is 16.9. The van der Waals surface area contributed by atoms with Crippen LogP contribution in [-0.4, -0.2) is 74.6 Å². The summed E-state index contributed by atoms with van der Waals surface area (Å²) in [7, 11) is 3.69. The number of aromatic nitrogens is 2. The fourth-order valence-electron chi connectivity index (χ4n) is 4.00. The summed E-state index contributed by atoms with van der Waals surface area (Å²) in [6, 6.07) is 8.18. The van der Waals surface area contributed by atoms with E-state index in [1.54, 1.807) is 25.3 Å². The zero-order valence-electron chi connectivity index (χ0n) is 19.9. The van der Waals surface area contributed by atoms with Crippen molar-refractivity contribution in [3.05, 3.63) is 47.4 Å². The predicted octanol–water partition coefficient (Wildman–Crippen LogP) is 1.85. The van der Waals surface area contributed by atoms with Gasteiger partial charge >= 0.3 is 0 Å². The molecule has 2 heterocycles. The van der Waals surface area contributed by atoms with Crippen LogP contribution < -0.4 is 26.4 Å². The molecule has 1 amide bonds. The lowest BCUT2D eigenvalue weighted by atomic mass is 10.1. The number of fused-ring (bicyclic) bond motifs is 1. The van der Waals surface area contributed by atoms with Gasteiger partial charge in [0.05, 0.1) is 29.2 Å². The second-order valence-corrected chi connectivity index (χ2v) is 8.40. The van der Waals surface area contributed by atoms with Crippen molar-refractivity contribution in [2.45, 2.75) is 6.54 Å². The molecule has 3 aromatic rings. The summed E-state index contributed by atoms with van der Waals surface area (Å²) in [6.45, 7) is 4.38. The first-order valence-corrected chi connectivity index (χ1v) is 11.4. The van der Waals surface area contributed by atoms with Crippen molar-refractivity contribution in [2.24, 2.45) is 11.5 Å². The van der Waals surface area contributed by atoms with Gasteiger partial charge in [-0.1, -0.05) is 6.07 Å². The molecule has 1 aliphatic rings. The molecule has 4 rings (SSSR count). The second-order valence-electron chi connectivity index (χ2n) is 8.40. The normalized spacial score (nSPS) is 14.3. The lowest BCUT2D eigenvalue weighted by Gasteiger charge is -2.35. The molecule has 10 nitrogen and oxygen atoms in total. The highest BCUT2D eigenvalue weighted by molar-refractivity contribution is 6.07. The molecule has 11 heteroatoms. The number of hydrogen-bond donors (Lipinski definition) is 3. The van der Waals surface area contributed by atoms with E-state index in [9.17, 15) is 9.18 Å². The van der Waals surface area contributed by atoms with Gasteiger partial charge in [-0.15, -0.1) is 10.2 Å². The Morgan fingerprint density at radius 1 is 1.14 bits per heavy atom. The Hall–Kier alpha value is -3.54. The third-order valence-electron chi connectivity index (χ3n) is 5.99. The van der Waals surface area contributed by atoms with Crippen molar-refractivity contribution in [3.8, 4) is 5.75 Å². The standard InChI is InChI=1S/C24H30FN7O3/c1-31-5-7-32(8-6-31)20-12-16-18(13-21(20)35-10-9-34-2)29-30-23(24(27)33)22(16)28-19-11-15(14-26)3-4-17(19)25/h3-4,11-13H,5-10,14,26H2,1-2H3,(H2,27,33)(H,28,29). The summed E-state index contributed by atoms with van der Waals surface area (Å²) in [5.41, 5.74) is 13.7. The number of benzene rings is 2. The van der Waals surface area contributed by atoms with Crippen LogP contribution in [0.4, 0.5) is 21.5 Å². The summed E-state index contributed by atoms with van der Waals surface area (Å²) >= 11 is 0. The van der Waals surface area contributed by atoms with E-state index in [2.05, 4.69) is 32.4 Å². The van der Waals surface area contributed by atoms with E-state index < -0.39 is 11.7 Å². The Morgan fingerprint density at radius 3 is 2.60 bits per heavy atom. The number of hydrogen-bond acceptors (Lipinski definition) is 9. The van der Waals surface area contributed by atoms with Crippen molar-refractivity contribution >= 4 is 33.9 Å². The van der Waals surface area contributed by atoms with Crippen molar-refractivity contribution in [3.63, 3.8) is 0 Å². The van der Waals surface area contributed by atoms with Gasteiger partial charge in [0.2, 0.25) is 0 Å². The lowest BCUT2D eigenvalue weighted by Crippen LogP contribution is -2.44. The monoisotopic (exact) mass is 483 g/mol. The maximum atomic E-state index is 14.7. The van der Waals surface area contributed by atoms with Gasteiger partial charge in [0.15, 0.2) is 5.69 Å². The van der Waals surface area contributed by atoms with E-state index in [1.165, 1.54) is 6.07 Å². The Bertz CT molecular complexity index is 1220. The number of piperazine rings is 1. The van der Waals surface area contributed by atoms with Gasteiger partial charge in [-0.25, -0.2) is 4.39 Å². The fourth-order valence-corrected chi connectivity index (χ4v) is 4.00. The molecule has 35 heavy (non-hydrogen) atoms. The van der Waals surface area contributed by atoms with Crippen molar-refractivity contribution in [1.29, 1.82) is 0 Å². The Balaban J connectivity index is 1.86. The molecule has 0 atom stereocenters. The fraction of sp³-hybridized carbons (Fsp3) is 0.375. The van der Waals surface area contributed by atoms with Gasteiger partial charge in [0, 0.05) is 51.3 Å². The SMILES string of the molecule is COCCOc1cc2nnc(C(N)=O)c(Nc3cc(CN)ccc3F)c2cc1N1CCN(C)CC1. The van der Waals surface area contributed by atoms with Crippen LogP contribution in [0.3, 0.4) is 0 Å². The number of rotatable bonds is 9. The highest BCUT2D eigenvalue weighted by Crippen LogP contribution is 2.38. The quantitative estimate of drug-likeness (QED) is 0.390. The number of amides is 1. The van der Waals surface area contributed by atoms with Gasteiger partial charge in [0.25, 0.3) is 5.91 Å². The molecule has 1 saturated heterocycles. The average Bonchev–Trinajstić information content (AvgIpc) is 2.85. The molecule has 0 aliphatic carbocycles. The van der Waals surface area contributed by atoms with Crippen LogP contribution >= 0.6 is 0 Å². The Labute approximate surface area is 203 Å². The highest BCUT2D eigenvalue weighted by Gasteiger charge is 2.23.